The van der Waals surface area contributed by atoms with Gasteiger partial charge in [0.2, 0.25) is 0 Å². The highest BCUT2D eigenvalue weighted by Crippen LogP contribution is 2.23. The van der Waals surface area contributed by atoms with Crippen molar-refractivity contribution in [3.63, 3.8) is 0 Å². The Hall–Kier alpha value is -2.64. The van der Waals surface area contributed by atoms with Gasteiger partial charge in [0.1, 0.15) is 6.26 Å². The van der Waals surface area contributed by atoms with Gasteiger partial charge in [0.15, 0.2) is 17.1 Å². The van der Waals surface area contributed by atoms with Crippen LogP contribution in [0.1, 0.15) is 21.0 Å². The summed E-state index contributed by atoms with van der Waals surface area (Å²) in [5.41, 5.74) is 5.32. The number of hydrogen-bond acceptors (Lipinski definition) is 6. The maximum atomic E-state index is 11.4. The quantitative estimate of drug-likeness (QED) is 0.759. The summed E-state index contributed by atoms with van der Waals surface area (Å²) in [5, 5.41) is 9.37. The Morgan fingerprint density at radius 2 is 2.18 bits per heavy atom. The Morgan fingerprint density at radius 1 is 1.41 bits per heavy atom. The van der Waals surface area contributed by atoms with Crippen molar-refractivity contribution in [1.29, 1.82) is 0 Å². The molecule has 2 amide bonds. The van der Waals surface area contributed by atoms with E-state index in [0.29, 0.717) is 5.56 Å². The van der Waals surface area contributed by atoms with Crippen molar-refractivity contribution in [2.24, 2.45) is 5.73 Å². The molecule has 3 N–H and O–H groups in total. The molecular weight excluding hydrogens is 228 g/mol. The third kappa shape index (κ3) is 1.87. The molecule has 0 radical (unpaired) electrons. The standard InChI is InChI=1S/C9H8N4O4/c1-11-9(15)7-4(3-16-13-7)6-2-5(8(10)14)12-17-6/h2-3H,1H3,(H2,10,14)(H,11,15). The van der Waals surface area contributed by atoms with Gasteiger partial charge in [0.25, 0.3) is 11.8 Å². The summed E-state index contributed by atoms with van der Waals surface area (Å²) in [5.74, 6) is -0.984. The van der Waals surface area contributed by atoms with Crippen LogP contribution in [0.3, 0.4) is 0 Å². The van der Waals surface area contributed by atoms with Gasteiger partial charge in [0, 0.05) is 13.1 Å². The molecule has 17 heavy (non-hydrogen) atoms. The Balaban J connectivity index is 2.42. The Morgan fingerprint density at radius 3 is 2.76 bits per heavy atom. The average molecular weight is 236 g/mol. The summed E-state index contributed by atoms with van der Waals surface area (Å²) >= 11 is 0. The van der Waals surface area contributed by atoms with Crippen molar-refractivity contribution in [3.05, 3.63) is 23.7 Å². The van der Waals surface area contributed by atoms with Crippen LogP contribution in [0.5, 0.6) is 0 Å². The number of carbonyl (C=O) groups excluding carboxylic acids is 2. The first-order valence-electron chi connectivity index (χ1n) is 4.57. The summed E-state index contributed by atoms with van der Waals surface area (Å²) in [7, 11) is 1.45. The van der Waals surface area contributed by atoms with Crippen molar-refractivity contribution in [3.8, 4) is 11.3 Å². The molecule has 2 heterocycles. The lowest BCUT2D eigenvalue weighted by atomic mass is 10.2. The van der Waals surface area contributed by atoms with Gasteiger partial charge in [-0.05, 0) is 0 Å². The fraction of sp³-hybridized carbons (Fsp3) is 0.111. The highest BCUT2D eigenvalue weighted by Gasteiger charge is 2.21. The predicted molar refractivity (Wildman–Crippen MR) is 53.9 cm³/mol. The zero-order valence-electron chi connectivity index (χ0n) is 8.76. The van der Waals surface area contributed by atoms with Crippen LogP contribution in [0.25, 0.3) is 11.3 Å². The van der Waals surface area contributed by atoms with E-state index in [4.69, 9.17) is 10.3 Å². The van der Waals surface area contributed by atoms with Crippen molar-refractivity contribution < 1.29 is 18.6 Å². The molecular formula is C9H8N4O4. The summed E-state index contributed by atoms with van der Waals surface area (Å²) in [6.45, 7) is 0. The summed E-state index contributed by atoms with van der Waals surface area (Å²) in [6.07, 6.45) is 1.22. The van der Waals surface area contributed by atoms with Crippen LogP contribution in [-0.2, 0) is 0 Å². The van der Waals surface area contributed by atoms with Crippen molar-refractivity contribution in [1.82, 2.24) is 15.6 Å². The van der Waals surface area contributed by atoms with E-state index in [1.165, 1.54) is 19.4 Å². The third-order valence-corrected chi connectivity index (χ3v) is 2.04. The lowest BCUT2D eigenvalue weighted by Gasteiger charge is -1.94. The molecule has 8 nitrogen and oxygen atoms in total. The molecule has 0 fully saturated rings. The molecule has 2 aromatic rings. The molecule has 0 bridgehead atoms. The van der Waals surface area contributed by atoms with E-state index < -0.39 is 11.8 Å². The molecule has 0 atom stereocenters. The molecule has 0 spiro atoms. The first-order valence-corrected chi connectivity index (χ1v) is 4.57. The first kappa shape index (κ1) is 10.9. The number of amides is 2. The predicted octanol–water partition coefficient (Wildman–Crippen LogP) is -0.212. The Kier molecular flexibility index (Phi) is 2.61. The maximum Gasteiger partial charge on any atom is 0.273 e. The molecule has 0 aliphatic carbocycles. The number of carbonyl (C=O) groups is 2. The normalized spacial score (nSPS) is 10.2. The van der Waals surface area contributed by atoms with Crippen LogP contribution in [-0.4, -0.2) is 29.2 Å². The summed E-state index contributed by atoms with van der Waals surface area (Å²) in [6, 6.07) is 1.31. The van der Waals surface area contributed by atoms with Gasteiger partial charge < -0.3 is 20.1 Å². The van der Waals surface area contributed by atoms with Crippen LogP contribution in [0.2, 0.25) is 0 Å². The number of nitrogens with zero attached hydrogens (tertiary/aromatic N) is 2. The molecule has 2 aromatic heterocycles. The molecule has 8 heteroatoms. The second-order valence-corrected chi connectivity index (χ2v) is 3.10. The van der Waals surface area contributed by atoms with Gasteiger partial charge in [-0.2, -0.15) is 0 Å². The number of nitrogens with one attached hydrogen (secondary N) is 1. The zero-order chi connectivity index (χ0) is 12.4. The monoisotopic (exact) mass is 236 g/mol. The number of rotatable bonds is 3. The Labute approximate surface area is 94.7 Å². The van der Waals surface area contributed by atoms with Gasteiger partial charge in [-0.25, -0.2) is 0 Å². The summed E-state index contributed by atoms with van der Waals surface area (Å²) < 4.78 is 9.55. The lowest BCUT2D eigenvalue weighted by molar-refractivity contribution is 0.0952. The second kappa shape index (κ2) is 4.08. The smallest absolute Gasteiger partial charge is 0.273 e. The highest BCUT2D eigenvalue weighted by atomic mass is 16.5. The highest BCUT2D eigenvalue weighted by molar-refractivity contribution is 5.98. The van der Waals surface area contributed by atoms with Gasteiger partial charge in [-0.3, -0.25) is 9.59 Å². The van der Waals surface area contributed by atoms with Crippen LogP contribution in [0.15, 0.2) is 21.4 Å². The van der Waals surface area contributed by atoms with Crippen molar-refractivity contribution in [2.75, 3.05) is 7.05 Å². The molecule has 0 aliphatic heterocycles. The largest absolute Gasteiger partial charge is 0.364 e. The molecule has 88 valence electrons. The lowest BCUT2D eigenvalue weighted by Crippen LogP contribution is -2.18. The van der Waals surface area contributed by atoms with E-state index in [2.05, 4.69) is 20.2 Å². The van der Waals surface area contributed by atoms with Gasteiger partial charge in [0.05, 0.1) is 5.56 Å². The molecule has 0 saturated carbocycles. The number of nitrogens with two attached hydrogens (primary N) is 1. The SMILES string of the molecule is CNC(=O)c1nocc1-c1cc(C(N)=O)no1. The minimum absolute atomic E-state index is 0.0379. The molecule has 0 aromatic carbocycles. The molecule has 0 aliphatic rings. The van der Waals surface area contributed by atoms with Crippen LogP contribution in [0.4, 0.5) is 0 Å². The van der Waals surface area contributed by atoms with Crippen LogP contribution < -0.4 is 11.1 Å². The second-order valence-electron chi connectivity index (χ2n) is 3.10. The van der Waals surface area contributed by atoms with E-state index in [1.54, 1.807) is 0 Å². The van der Waals surface area contributed by atoms with Crippen molar-refractivity contribution >= 4 is 11.8 Å². The van der Waals surface area contributed by atoms with Crippen LogP contribution in [0, 0.1) is 0 Å². The van der Waals surface area contributed by atoms with Gasteiger partial charge in [-0.1, -0.05) is 10.3 Å². The minimum Gasteiger partial charge on any atom is -0.364 e. The number of aromatic nitrogens is 2. The minimum atomic E-state index is -0.724. The van der Waals surface area contributed by atoms with E-state index in [1.807, 2.05) is 0 Å². The Bertz CT molecular complexity index is 571. The summed E-state index contributed by atoms with van der Waals surface area (Å²) in [4.78, 5) is 22.3. The molecule has 2 rings (SSSR count). The first-order chi connectivity index (χ1) is 8.13. The zero-order valence-corrected chi connectivity index (χ0v) is 8.76. The third-order valence-electron chi connectivity index (χ3n) is 2.04. The maximum absolute atomic E-state index is 11.4. The fourth-order valence-electron chi connectivity index (χ4n) is 1.21. The van der Waals surface area contributed by atoms with Gasteiger partial charge >= 0.3 is 0 Å². The van der Waals surface area contributed by atoms with Crippen molar-refractivity contribution in [2.45, 2.75) is 0 Å². The van der Waals surface area contributed by atoms with E-state index in [9.17, 15) is 9.59 Å². The van der Waals surface area contributed by atoms with E-state index >= 15 is 0 Å². The van der Waals surface area contributed by atoms with E-state index in [0.717, 1.165) is 0 Å². The topological polar surface area (TPSA) is 124 Å². The number of primary amides is 1. The molecule has 0 saturated heterocycles. The number of hydrogen-bond donors (Lipinski definition) is 2. The fourth-order valence-corrected chi connectivity index (χ4v) is 1.21. The molecule has 0 unspecified atom stereocenters. The van der Waals surface area contributed by atoms with E-state index in [-0.39, 0.29) is 17.1 Å². The van der Waals surface area contributed by atoms with Gasteiger partial charge in [-0.15, -0.1) is 0 Å². The average Bonchev–Trinajstić information content (AvgIpc) is 2.95. The van der Waals surface area contributed by atoms with Crippen LogP contribution >= 0.6 is 0 Å².